The molecule has 1 heterocycles. The molecule has 2 N–H and O–H groups in total. The van der Waals surface area contributed by atoms with Crippen molar-refractivity contribution in [2.24, 2.45) is 0 Å². The molecule has 7 heteroatoms. The highest BCUT2D eigenvalue weighted by molar-refractivity contribution is 6.60. The predicted octanol–water partition coefficient (Wildman–Crippen LogP) is 0.305. The molecule has 1 aromatic heterocycles. The van der Waals surface area contributed by atoms with E-state index in [1.807, 2.05) is 0 Å². The second-order valence-corrected chi connectivity index (χ2v) is 6.06. The van der Waals surface area contributed by atoms with Gasteiger partial charge in [-0.3, -0.25) is 4.79 Å². The van der Waals surface area contributed by atoms with Crippen LogP contribution in [0.5, 0.6) is 0 Å². The molecule has 0 atom stereocenters. The van der Waals surface area contributed by atoms with Gasteiger partial charge < -0.3 is 24.1 Å². The first-order valence-electron chi connectivity index (χ1n) is 6.90. The Kier molecular flexibility index (Phi) is 5.61. The SMILES string of the molecule is CC(=O)OCCn1ccc(B(O)OC(C)(C)C(C)(C)O)c1. The number of esters is 1. The van der Waals surface area contributed by atoms with E-state index in [1.165, 1.54) is 6.92 Å². The highest BCUT2D eigenvalue weighted by Gasteiger charge is 2.39. The van der Waals surface area contributed by atoms with Crippen LogP contribution in [-0.2, 0) is 20.7 Å². The lowest BCUT2D eigenvalue weighted by atomic mass is 9.78. The van der Waals surface area contributed by atoms with Gasteiger partial charge in [0.1, 0.15) is 6.61 Å². The number of hydrogen-bond donors (Lipinski definition) is 2. The Morgan fingerprint density at radius 2 is 2.00 bits per heavy atom. The molecular weight excluding hydrogens is 273 g/mol. The van der Waals surface area contributed by atoms with Crippen molar-refractivity contribution in [3.63, 3.8) is 0 Å². The van der Waals surface area contributed by atoms with E-state index in [-0.39, 0.29) is 12.6 Å². The first kappa shape index (κ1) is 17.7. The summed E-state index contributed by atoms with van der Waals surface area (Å²) < 4.78 is 12.2. The van der Waals surface area contributed by atoms with Gasteiger partial charge in [0.2, 0.25) is 0 Å². The lowest BCUT2D eigenvalue weighted by Gasteiger charge is -2.38. The van der Waals surface area contributed by atoms with Crippen LogP contribution in [0.3, 0.4) is 0 Å². The number of nitrogens with zero attached hydrogens (tertiary/aromatic N) is 1. The van der Waals surface area contributed by atoms with Crippen molar-refractivity contribution in [2.75, 3.05) is 6.61 Å². The number of ether oxygens (including phenoxy) is 1. The molecule has 0 aromatic carbocycles. The van der Waals surface area contributed by atoms with Gasteiger partial charge in [-0.15, -0.1) is 0 Å². The molecule has 6 nitrogen and oxygen atoms in total. The molecule has 0 aliphatic carbocycles. The second-order valence-electron chi connectivity index (χ2n) is 6.06. The van der Waals surface area contributed by atoms with Crippen LogP contribution in [0.25, 0.3) is 0 Å². The lowest BCUT2D eigenvalue weighted by Crippen LogP contribution is -2.53. The van der Waals surface area contributed by atoms with Crippen LogP contribution >= 0.6 is 0 Å². The first-order valence-corrected chi connectivity index (χ1v) is 6.90. The largest absolute Gasteiger partial charge is 0.493 e. The molecule has 0 aliphatic heterocycles. The Labute approximate surface area is 125 Å². The summed E-state index contributed by atoms with van der Waals surface area (Å²) in [6.45, 7) is 8.82. The standard InChI is InChI=1S/C14H24BNO5/c1-11(17)20-9-8-16-7-6-12(10-16)15(19)21-14(4,5)13(2,3)18/h6-7,10,18-19H,8-9H2,1-5H3. The number of aromatic nitrogens is 1. The first-order chi connectivity index (χ1) is 9.53. The molecule has 0 saturated carbocycles. The minimum atomic E-state index is -1.14. The van der Waals surface area contributed by atoms with Crippen molar-refractivity contribution in [1.82, 2.24) is 4.57 Å². The summed E-state index contributed by atoms with van der Waals surface area (Å²) in [5.74, 6) is -0.322. The van der Waals surface area contributed by atoms with E-state index in [0.29, 0.717) is 12.0 Å². The van der Waals surface area contributed by atoms with Gasteiger partial charge in [-0.1, -0.05) is 0 Å². The van der Waals surface area contributed by atoms with Crippen molar-refractivity contribution in [2.45, 2.75) is 52.4 Å². The zero-order valence-electron chi connectivity index (χ0n) is 13.3. The zero-order valence-corrected chi connectivity index (χ0v) is 13.3. The van der Waals surface area contributed by atoms with Gasteiger partial charge in [0.15, 0.2) is 0 Å². The molecule has 0 saturated heterocycles. The average Bonchev–Trinajstić information content (AvgIpc) is 2.75. The Morgan fingerprint density at radius 3 is 2.52 bits per heavy atom. The van der Waals surface area contributed by atoms with Crippen molar-refractivity contribution in [3.05, 3.63) is 18.5 Å². The molecule has 0 radical (unpaired) electrons. The summed E-state index contributed by atoms with van der Waals surface area (Å²) in [6.07, 6.45) is 3.48. The Balaban J connectivity index is 2.62. The normalized spacial score (nSPS) is 12.3. The van der Waals surface area contributed by atoms with Gasteiger partial charge in [0.25, 0.3) is 0 Å². The number of aliphatic hydroxyl groups is 1. The summed E-state index contributed by atoms with van der Waals surface area (Å²) >= 11 is 0. The summed E-state index contributed by atoms with van der Waals surface area (Å²) in [5.41, 5.74) is -1.42. The molecular formula is C14H24BNO5. The summed E-state index contributed by atoms with van der Waals surface area (Å²) in [5, 5.41) is 20.1. The molecule has 21 heavy (non-hydrogen) atoms. The van der Waals surface area contributed by atoms with Gasteiger partial charge in [-0.05, 0) is 39.2 Å². The third-order valence-corrected chi connectivity index (χ3v) is 3.59. The number of rotatable bonds is 7. The van der Waals surface area contributed by atoms with Crippen LogP contribution in [-0.4, -0.2) is 45.6 Å². The summed E-state index contributed by atoms with van der Waals surface area (Å²) in [4.78, 5) is 10.7. The zero-order chi connectivity index (χ0) is 16.3. The molecule has 0 aliphatic rings. The molecule has 0 fully saturated rings. The topological polar surface area (TPSA) is 80.9 Å². The smallest absolute Gasteiger partial charge is 0.464 e. The van der Waals surface area contributed by atoms with E-state index in [4.69, 9.17) is 9.39 Å². The van der Waals surface area contributed by atoms with Crippen molar-refractivity contribution in [3.8, 4) is 0 Å². The van der Waals surface area contributed by atoms with E-state index in [9.17, 15) is 14.9 Å². The Hall–Kier alpha value is -1.31. The molecule has 0 unspecified atom stereocenters. The van der Waals surface area contributed by atoms with E-state index in [0.717, 1.165) is 0 Å². The van der Waals surface area contributed by atoms with Gasteiger partial charge in [-0.25, -0.2) is 0 Å². The fourth-order valence-corrected chi connectivity index (χ4v) is 1.53. The van der Waals surface area contributed by atoms with Crippen molar-refractivity contribution in [1.29, 1.82) is 0 Å². The fourth-order valence-electron chi connectivity index (χ4n) is 1.53. The Bertz CT molecular complexity index is 478. The van der Waals surface area contributed by atoms with Gasteiger partial charge in [0.05, 0.1) is 17.7 Å². The number of carbonyl (C=O) groups is 1. The van der Waals surface area contributed by atoms with Gasteiger partial charge in [0, 0.05) is 19.3 Å². The summed E-state index contributed by atoms with van der Waals surface area (Å²) in [6, 6.07) is 1.72. The highest BCUT2D eigenvalue weighted by Crippen LogP contribution is 2.25. The molecule has 118 valence electrons. The number of carbonyl (C=O) groups excluding carboxylic acids is 1. The molecule has 0 bridgehead atoms. The quantitative estimate of drug-likeness (QED) is 0.559. The minimum Gasteiger partial charge on any atom is -0.464 e. The minimum absolute atomic E-state index is 0.273. The molecule has 1 rings (SSSR count). The monoisotopic (exact) mass is 297 g/mol. The predicted molar refractivity (Wildman–Crippen MR) is 80.1 cm³/mol. The maximum absolute atomic E-state index is 10.7. The average molecular weight is 297 g/mol. The van der Waals surface area contributed by atoms with E-state index in [1.54, 1.807) is 50.7 Å². The second kappa shape index (κ2) is 6.64. The molecule has 0 spiro atoms. The van der Waals surface area contributed by atoms with E-state index >= 15 is 0 Å². The van der Waals surface area contributed by atoms with Crippen LogP contribution in [0.2, 0.25) is 0 Å². The fraction of sp³-hybridized carbons (Fsp3) is 0.643. The highest BCUT2D eigenvalue weighted by atomic mass is 16.5. The van der Waals surface area contributed by atoms with Gasteiger partial charge >= 0.3 is 13.1 Å². The third-order valence-electron chi connectivity index (χ3n) is 3.59. The van der Waals surface area contributed by atoms with Crippen LogP contribution < -0.4 is 5.46 Å². The van der Waals surface area contributed by atoms with Gasteiger partial charge in [-0.2, -0.15) is 0 Å². The maximum atomic E-state index is 10.7. The van der Waals surface area contributed by atoms with Crippen LogP contribution in [0, 0.1) is 0 Å². The van der Waals surface area contributed by atoms with E-state index < -0.39 is 18.3 Å². The Morgan fingerprint density at radius 1 is 1.38 bits per heavy atom. The summed E-state index contributed by atoms with van der Waals surface area (Å²) in [7, 11) is -1.14. The molecule has 1 aromatic rings. The van der Waals surface area contributed by atoms with Crippen LogP contribution in [0.1, 0.15) is 34.6 Å². The van der Waals surface area contributed by atoms with E-state index in [2.05, 4.69) is 0 Å². The lowest BCUT2D eigenvalue weighted by molar-refractivity contribution is -0.141. The molecule has 0 amide bonds. The van der Waals surface area contributed by atoms with Crippen LogP contribution in [0.4, 0.5) is 0 Å². The van der Waals surface area contributed by atoms with Crippen molar-refractivity contribution >= 4 is 18.6 Å². The van der Waals surface area contributed by atoms with Crippen molar-refractivity contribution < 1.29 is 24.3 Å². The van der Waals surface area contributed by atoms with Crippen LogP contribution in [0.15, 0.2) is 18.5 Å². The third kappa shape index (κ3) is 5.19. The maximum Gasteiger partial charge on any atom is 0.493 e. The number of hydrogen-bond acceptors (Lipinski definition) is 5.